The van der Waals surface area contributed by atoms with Crippen LogP contribution in [0.2, 0.25) is 0 Å². The molecule has 0 aliphatic heterocycles. The fourth-order valence-corrected chi connectivity index (χ4v) is 1.83. The second-order valence-corrected chi connectivity index (χ2v) is 3.99. The van der Waals surface area contributed by atoms with E-state index in [1.165, 1.54) is 11.1 Å². The fourth-order valence-electron chi connectivity index (χ4n) is 1.83. The summed E-state index contributed by atoms with van der Waals surface area (Å²) in [5.41, 5.74) is 3.54. The van der Waals surface area contributed by atoms with Crippen LogP contribution < -0.4 is 0 Å². The molecule has 0 saturated heterocycles. The summed E-state index contributed by atoms with van der Waals surface area (Å²) in [5.74, 6) is 0.867. The summed E-state index contributed by atoms with van der Waals surface area (Å²) in [7, 11) is 0. The van der Waals surface area contributed by atoms with Crippen LogP contribution in [0.5, 0.6) is 0 Å². The second kappa shape index (κ2) is 2.99. The van der Waals surface area contributed by atoms with E-state index in [9.17, 15) is 4.79 Å². The van der Waals surface area contributed by atoms with Crippen LogP contribution in [-0.4, -0.2) is 5.78 Å². The first-order valence-corrected chi connectivity index (χ1v) is 4.84. The molecule has 0 radical (unpaired) electrons. The molecular formula is C12H14O. The molecule has 1 aliphatic rings. The van der Waals surface area contributed by atoms with Gasteiger partial charge in [-0.3, -0.25) is 4.79 Å². The lowest BCUT2D eigenvalue weighted by Gasteiger charge is -2.06. The topological polar surface area (TPSA) is 17.1 Å². The molecule has 0 aromatic heterocycles. The van der Waals surface area contributed by atoms with Crippen molar-refractivity contribution in [3.63, 3.8) is 0 Å². The van der Waals surface area contributed by atoms with Gasteiger partial charge in [0.05, 0.1) is 0 Å². The SMILES string of the molecule is CC(C)c1ccc2c(c1)CCC2=O. The molecule has 1 aromatic rings. The highest BCUT2D eigenvalue weighted by Gasteiger charge is 2.19. The van der Waals surface area contributed by atoms with Gasteiger partial charge in [0.15, 0.2) is 5.78 Å². The lowest BCUT2D eigenvalue weighted by atomic mass is 9.98. The quantitative estimate of drug-likeness (QED) is 0.639. The third kappa shape index (κ3) is 1.39. The molecule has 13 heavy (non-hydrogen) atoms. The lowest BCUT2D eigenvalue weighted by Crippen LogP contribution is -1.93. The van der Waals surface area contributed by atoms with Crippen molar-refractivity contribution in [1.29, 1.82) is 0 Å². The number of hydrogen-bond acceptors (Lipinski definition) is 1. The first kappa shape index (κ1) is 8.49. The predicted octanol–water partition coefficient (Wildman–Crippen LogP) is 2.94. The Kier molecular flexibility index (Phi) is 1.95. The first-order chi connectivity index (χ1) is 6.18. The number of rotatable bonds is 1. The van der Waals surface area contributed by atoms with Gasteiger partial charge in [-0.1, -0.05) is 32.0 Å². The summed E-state index contributed by atoms with van der Waals surface area (Å²) in [4.78, 5) is 11.3. The minimum Gasteiger partial charge on any atom is -0.294 e. The van der Waals surface area contributed by atoms with Crippen LogP contribution in [0.4, 0.5) is 0 Å². The van der Waals surface area contributed by atoms with Crippen molar-refractivity contribution < 1.29 is 4.79 Å². The standard InChI is InChI=1S/C12H14O/c1-8(2)9-3-5-11-10(7-9)4-6-12(11)13/h3,5,7-8H,4,6H2,1-2H3. The van der Waals surface area contributed by atoms with Crippen molar-refractivity contribution in [1.82, 2.24) is 0 Å². The van der Waals surface area contributed by atoms with E-state index in [1.54, 1.807) is 0 Å². The van der Waals surface area contributed by atoms with E-state index in [-0.39, 0.29) is 0 Å². The number of benzene rings is 1. The van der Waals surface area contributed by atoms with Crippen LogP contribution in [0.25, 0.3) is 0 Å². The highest BCUT2D eigenvalue weighted by molar-refractivity contribution is 6.00. The summed E-state index contributed by atoms with van der Waals surface area (Å²) < 4.78 is 0. The minimum absolute atomic E-state index is 0.310. The van der Waals surface area contributed by atoms with Gasteiger partial charge in [-0.25, -0.2) is 0 Å². The molecule has 0 fully saturated rings. The Morgan fingerprint density at radius 2 is 2.00 bits per heavy atom. The van der Waals surface area contributed by atoms with Gasteiger partial charge in [-0.2, -0.15) is 0 Å². The Bertz CT molecular complexity index is 350. The zero-order valence-electron chi connectivity index (χ0n) is 8.13. The molecule has 1 nitrogen and oxygen atoms in total. The van der Waals surface area contributed by atoms with Crippen molar-refractivity contribution >= 4 is 5.78 Å². The molecule has 1 aromatic carbocycles. The molecule has 1 aliphatic carbocycles. The van der Waals surface area contributed by atoms with Crippen LogP contribution in [0.15, 0.2) is 18.2 Å². The van der Waals surface area contributed by atoms with Crippen LogP contribution in [0, 0.1) is 0 Å². The van der Waals surface area contributed by atoms with Crippen molar-refractivity contribution in [2.45, 2.75) is 32.6 Å². The van der Waals surface area contributed by atoms with E-state index in [2.05, 4.69) is 26.0 Å². The van der Waals surface area contributed by atoms with Gasteiger partial charge in [0.25, 0.3) is 0 Å². The zero-order chi connectivity index (χ0) is 9.42. The Hall–Kier alpha value is -1.11. The molecule has 0 spiro atoms. The maximum absolute atomic E-state index is 11.3. The summed E-state index contributed by atoms with van der Waals surface area (Å²) in [6.07, 6.45) is 1.64. The zero-order valence-corrected chi connectivity index (χ0v) is 8.13. The van der Waals surface area contributed by atoms with E-state index >= 15 is 0 Å². The van der Waals surface area contributed by atoms with Gasteiger partial charge in [-0.15, -0.1) is 0 Å². The van der Waals surface area contributed by atoms with Gasteiger partial charge in [0, 0.05) is 12.0 Å². The molecule has 1 heteroatoms. The van der Waals surface area contributed by atoms with E-state index in [0.29, 0.717) is 18.1 Å². The average molecular weight is 174 g/mol. The first-order valence-electron chi connectivity index (χ1n) is 4.84. The van der Waals surface area contributed by atoms with Crippen molar-refractivity contribution in [2.24, 2.45) is 0 Å². The smallest absolute Gasteiger partial charge is 0.163 e. The molecule has 0 heterocycles. The predicted molar refractivity (Wildman–Crippen MR) is 53.2 cm³/mol. The fraction of sp³-hybridized carbons (Fsp3) is 0.417. The number of ketones is 1. The molecule has 0 amide bonds. The number of aryl methyl sites for hydroxylation is 1. The maximum atomic E-state index is 11.3. The molecule has 2 rings (SSSR count). The van der Waals surface area contributed by atoms with Crippen LogP contribution in [0.3, 0.4) is 0 Å². The van der Waals surface area contributed by atoms with E-state index < -0.39 is 0 Å². The minimum atomic E-state index is 0.310. The monoisotopic (exact) mass is 174 g/mol. The van der Waals surface area contributed by atoms with Crippen LogP contribution in [0.1, 0.15) is 47.7 Å². The Labute approximate surface area is 78.8 Å². The number of carbonyl (C=O) groups is 1. The average Bonchev–Trinajstić information content (AvgIpc) is 2.47. The largest absolute Gasteiger partial charge is 0.294 e. The highest BCUT2D eigenvalue weighted by Crippen LogP contribution is 2.25. The third-order valence-corrected chi connectivity index (χ3v) is 2.72. The highest BCUT2D eigenvalue weighted by atomic mass is 16.1. The number of Topliss-reactive ketones (excluding diaryl/α,β-unsaturated/α-hetero) is 1. The molecule has 0 N–H and O–H groups in total. The summed E-state index contributed by atoms with van der Waals surface area (Å²) in [6, 6.07) is 6.25. The maximum Gasteiger partial charge on any atom is 0.163 e. The van der Waals surface area contributed by atoms with Gasteiger partial charge in [0.2, 0.25) is 0 Å². The Morgan fingerprint density at radius 1 is 1.23 bits per heavy atom. The number of fused-ring (bicyclic) bond motifs is 1. The van der Waals surface area contributed by atoms with Crippen molar-refractivity contribution in [2.75, 3.05) is 0 Å². The van der Waals surface area contributed by atoms with Gasteiger partial charge in [0.1, 0.15) is 0 Å². The second-order valence-electron chi connectivity index (χ2n) is 3.99. The van der Waals surface area contributed by atoms with Gasteiger partial charge in [-0.05, 0) is 23.5 Å². The van der Waals surface area contributed by atoms with Crippen molar-refractivity contribution in [3.05, 3.63) is 34.9 Å². The molecule has 0 atom stereocenters. The number of carbonyl (C=O) groups excluding carboxylic acids is 1. The third-order valence-electron chi connectivity index (χ3n) is 2.72. The Morgan fingerprint density at radius 3 is 2.69 bits per heavy atom. The Balaban J connectivity index is 2.45. The molecule has 68 valence electrons. The van der Waals surface area contributed by atoms with E-state index in [1.807, 2.05) is 6.07 Å². The number of hydrogen-bond donors (Lipinski definition) is 0. The van der Waals surface area contributed by atoms with Crippen LogP contribution in [-0.2, 0) is 6.42 Å². The van der Waals surface area contributed by atoms with Gasteiger partial charge >= 0.3 is 0 Å². The molecular weight excluding hydrogens is 160 g/mol. The van der Waals surface area contributed by atoms with Crippen molar-refractivity contribution in [3.8, 4) is 0 Å². The normalized spacial score (nSPS) is 15.2. The van der Waals surface area contributed by atoms with E-state index in [4.69, 9.17) is 0 Å². The molecule has 0 saturated carbocycles. The molecule has 0 unspecified atom stereocenters. The molecule has 0 bridgehead atoms. The summed E-state index contributed by atoms with van der Waals surface area (Å²) in [5, 5.41) is 0. The van der Waals surface area contributed by atoms with Crippen LogP contribution >= 0.6 is 0 Å². The van der Waals surface area contributed by atoms with Gasteiger partial charge < -0.3 is 0 Å². The summed E-state index contributed by atoms with van der Waals surface area (Å²) >= 11 is 0. The summed E-state index contributed by atoms with van der Waals surface area (Å²) in [6.45, 7) is 4.36. The van der Waals surface area contributed by atoms with E-state index in [0.717, 1.165) is 12.0 Å². The lowest BCUT2D eigenvalue weighted by molar-refractivity contribution is 0.0994.